The lowest BCUT2D eigenvalue weighted by Crippen LogP contribution is -2.00. The van der Waals surface area contributed by atoms with E-state index in [0.29, 0.717) is 5.56 Å². The topological polar surface area (TPSA) is 17.1 Å². The lowest BCUT2D eigenvalue weighted by molar-refractivity contribution is 0.0975. The Morgan fingerprint density at radius 2 is 1.80 bits per heavy atom. The molecule has 0 heterocycles. The van der Waals surface area contributed by atoms with Crippen LogP contribution in [-0.2, 0) is 0 Å². The number of carbonyl (C=O) groups is 1. The second kappa shape index (κ2) is 4.22. The van der Waals surface area contributed by atoms with Crippen LogP contribution in [0, 0.1) is 0 Å². The van der Waals surface area contributed by atoms with Crippen LogP contribution in [0.25, 0.3) is 10.8 Å². The monoisotopic (exact) mass is 202 g/mol. The summed E-state index contributed by atoms with van der Waals surface area (Å²) in [5.41, 5.74) is 0.616. The Morgan fingerprint density at radius 3 is 2.60 bits per heavy atom. The number of ketones is 1. The van der Waals surface area contributed by atoms with Gasteiger partial charge in [-0.15, -0.1) is 0 Å². The van der Waals surface area contributed by atoms with E-state index in [1.54, 1.807) is 6.07 Å². The molecule has 2 aromatic carbocycles. The molecule has 0 spiro atoms. The summed E-state index contributed by atoms with van der Waals surface area (Å²) in [7, 11) is 0. The maximum atomic E-state index is 12.1. The average Bonchev–Trinajstić information content (AvgIpc) is 2.28. The van der Waals surface area contributed by atoms with Crippen molar-refractivity contribution >= 4 is 16.6 Å². The lowest BCUT2D eigenvalue weighted by Gasteiger charge is -2.03. The summed E-state index contributed by atoms with van der Waals surface area (Å²) in [6.07, 6.45) is -0.0337. The molecule has 0 N–H and O–H groups in total. The van der Waals surface area contributed by atoms with Gasteiger partial charge in [0, 0.05) is 12.0 Å². The minimum Gasteiger partial charge on any atom is -0.294 e. The zero-order chi connectivity index (χ0) is 10.7. The van der Waals surface area contributed by atoms with Crippen molar-refractivity contribution in [3.05, 3.63) is 48.0 Å². The number of alkyl halides is 1. The van der Waals surface area contributed by atoms with Crippen LogP contribution in [0.1, 0.15) is 16.8 Å². The Labute approximate surface area is 87.5 Å². The zero-order valence-corrected chi connectivity index (χ0v) is 8.24. The van der Waals surface area contributed by atoms with Crippen LogP contribution in [0.5, 0.6) is 0 Å². The highest BCUT2D eigenvalue weighted by Gasteiger charge is 2.08. The van der Waals surface area contributed by atoms with Gasteiger partial charge in [-0.3, -0.25) is 9.18 Å². The molecular formula is C13H11FO. The van der Waals surface area contributed by atoms with Crippen molar-refractivity contribution in [2.24, 2.45) is 0 Å². The average molecular weight is 202 g/mol. The van der Waals surface area contributed by atoms with Gasteiger partial charge in [0.1, 0.15) is 0 Å². The van der Waals surface area contributed by atoms with E-state index < -0.39 is 6.67 Å². The number of fused-ring (bicyclic) bond motifs is 1. The van der Waals surface area contributed by atoms with E-state index in [1.807, 2.05) is 36.4 Å². The normalized spacial score (nSPS) is 10.5. The van der Waals surface area contributed by atoms with Crippen molar-refractivity contribution in [1.82, 2.24) is 0 Å². The number of Topliss-reactive ketones (excluding diaryl/α,β-unsaturated/α-hetero) is 1. The predicted molar refractivity (Wildman–Crippen MR) is 58.9 cm³/mol. The van der Waals surface area contributed by atoms with Crippen LogP contribution in [0.4, 0.5) is 4.39 Å². The van der Waals surface area contributed by atoms with Gasteiger partial charge in [-0.25, -0.2) is 0 Å². The van der Waals surface area contributed by atoms with E-state index in [9.17, 15) is 9.18 Å². The molecule has 76 valence electrons. The largest absolute Gasteiger partial charge is 0.294 e. The fourth-order valence-electron chi connectivity index (χ4n) is 1.69. The fourth-order valence-corrected chi connectivity index (χ4v) is 1.69. The minimum atomic E-state index is -0.595. The van der Waals surface area contributed by atoms with Gasteiger partial charge in [0.2, 0.25) is 0 Å². The summed E-state index contributed by atoms with van der Waals surface area (Å²) in [5, 5.41) is 1.92. The highest BCUT2D eigenvalue weighted by Crippen LogP contribution is 2.19. The molecule has 0 aromatic heterocycles. The van der Waals surface area contributed by atoms with E-state index in [2.05, 4.69) is 0 Å². The van der Waals surface area contributed by atoms with Crippen molar-refractivity contribution in [1.29, 1.82) is 0 Å². The second-order valence-corrected chi connectivity index (χ2v) is 3.39. The van der Waals surface area contributed by atoms with Crippen molar-refractivity contribution in [2.45, 2.75) is 6.42 Å². The first kappa shape index (κ1) is 9.84. The molecule has 0 saturated carbocycles. The molecular weight excluding hydrogens is 191 g/mol. The summed E-state index contributed by atoms with van der Waals surface area (Å²) in [6.45, 7) is -0.595. The van der Waals surface area contributed by atoms with E-state index >= 15 is 0 Å². The molecule has 0 aliphatic carbocycles. The van der Waals surface area contributed by atoms with Crippen LogP contribution in [0.2, 0.25) is 0 Å². The molecule has 0 aliphatic heterocycles. The molecule has 15 heavy (non-hydrogen) atoms. The molecule has 0 atom stereocenters. The van der Waals surface area contributed by atoms with Gasteiger partial charge in [0.15, 0.2) is 5.78 Å². The molecule has 1 nitrogen and oxygen atoms in total. The van der Waals surface area contributed by atoms with Crippen LogP contribution in [-0.4, -0.2) is 12.5 Å². The maximum Gasteiger partial charge on any atom is 0.166 e. The first-order chi connectivity index (χ1) is 7.33. The predicted octanol–water partition coefficient (Wildman–Crippen LogP) is 3.38. The van der Waals surface area contributed by atoms with Gasteiger partial charge in [0.05, 0.1) is 6.67 Å². The van der Waals surface area contributed by atoms with Crippen LogP contribution >= 0.6 is 0 Å². The number of hydrogen-bond donors (Lipinski definition) is 0. The summed E-state index contributed by atoms with van der Waals surface area (Å²) in [5.74, 6) is -0.130. The summed E-state index contributed by atoms with van der Waals surface area (Å²) < 4.78 is 12.1. The smallest absolute Gasteiger partial charge is 0.166 e. The van der Waals surface area contributed by atoms with Gasteiger partial charge in [-0.2, -0.15) is 0 Å². The number of rotatable bonds is 3. The molecule has 0 bridgehead atoms. The Bertz CT molecular complexity index is 485. The van der Waals surface area contributed by atoms with Crippen LogP contribution in [0.15, 0.2) is 42.5 Å². The van der Waals surface area contributed by atoms with E-state index in [4.69, 9.17) is 0 Å². The standard InChI is InChI=1S/C13H11FO/c14-9-8-13(15)12-7-3-5-10-4-1-2-6-11(10)12/h1-7H,8-9H2. The Hall–Kier alpha value is -1.70. The number of carbonyl (C=O) groups excluding carboxylic acids is 1. The maximum absolute atomic E-state index is 12.1. The third kappa shape index (κ3) is 1.89. The van der Waals surface area contributed by atoms with Gasteiger partial charge in [-0.05, 0) is 10.8 Å². The second-order valence-electron chi connectivity index (χ2n) is 3.39. The summed E-state index contributed by atoms with van der Waals surface area (Å²) >= 11 is 0. The van der Waals surface area contributed by atoms with Crippen LogP contribution in [0.3, 0.4) is 0 Å². The Morgan fingerprint density at radius 1 is 1.07 bits per heavy atom. The van der Waals surface area contributed by atoms with Crippen molar-refractivity contribution in [3.63, 3.8) is 0 Å². The lowest BCUT2D eigenvalue weighted by atomic mass is 10.0. The van der Waals surface area contributed by atoms with Gasteiger partial charge < -0.3 is 0 Å². The Balaban J connectivity index is 2.56. The van der Waals surface area contributed by atoms with E-state index in [0.717, 1.165) is 10.8 Å². The van der Waals surface area contributed by atoms with Gasteiger partial charge in [-0.1, -0.05) is 42.5 Å². The number of hydrogen-bond acceptors (Lipinski definition) is 1. The first-order valence-electron chi connectivity index (χ1n) is 4.90. The fraction of sp³-hybridized carbons (Fsp3) is 0.154. The van der Waals surface area contributed by atoms with E-state index in [1.165, 1.54) is 0 Å². The van der Waals surface area contributed by atoms with E-state index in [-0.39, 0.29) is 12.2 Å². The molecule has 0 radical (unpaired) electrons. The quantitative estimate of drug-likeness (QED) is 0.697. The van der Waals surface area contributed by atoms with Gasteiger partial charge >= 0.3 is 0 Å². The highest BCUT2D eigenvalue weighted by molar-refractivity contribution is 6.08. The Kier molecular flexibility index (Phi) is 2.77. The third-order valence-corrected chi connectivity index (χ3v) is 2.41. The molecule has 0 amide bonds. The van der Waals surface area contributed by atoms with Crippen molar-refractivity contribution in [2.75, 3.05) is 6.67 Å². The number of benzene rings is 2. The molecule has 2 rings (SSSR count). The van der Waals surface area contributed by atoms with Crippen molar-refractivity contribution < 1.29 is 9.18 Å². The summed E-state index contributed by atoms with van der Waals surface area (Å²) in [4.78, 5) is 11.6. The zero-order valence-electron chi connectivity index (χ0n) is 8.24. The van der Waals surface area contributed by atoms with Gasteiger partial charge in [0.25, 0.3) is 0 Å². The number of halogens is 1. The molecule has 0 unspecified atom stereocenters. The molecule has 2 heteroatoms. The molecule has 0 saturated heterocycles. The molecule has 2 aromatic rings. The molecule has 0 aliphatic rings. The highest BCUT2D eigenvalue weighted by atomic mass is 19.1. The third-order valence-electron chi connectivity index (χ3n) is 2.41. The minimum absolute atomic E-state index is 0.0337. The SMILES string of the molecule is O=C(CCF)c1cccc2ccccc12. The van der Waals surface area contributed by atoms with Crippen molar-refractivity contribution in [3.8, 4) is 0 Å². The first-order valence-corrected chi connectivity index (χ1v) is 4.90. The molecule has 0 fully saturated rings. The summed E-state index contributed by atoms with van der Waals surface area (Å²) in [6, 6.07) is 13.2. The van der Waals surface area contributed by atoms with Crippen LogP contribution < -0.4 is 0 Å².